The molecular formula is C25H44N7O5P. The first-order chi connectivity index (χ1) is 17.6. The van der Waals surface area contributed by atoms with Crippen molar-refractivity contribution in [3.8, 4) is 0 Å². The van der Waals surface area contributed by atoms with E-state index in [4.69, 9.17) is 19.8 Å². The van der Waals surface area contributed by atoms with E-state index in [9.17, 15) is 9.36 Å². The average molecular weight is 554 g/mol. The van der Waals surface area contributed by atoms with E-state index in [1.165, 1.54) is 6.33 Å². The first-order valence-corrected chi connectivity index (χ1v) is 14.8. The van der Waals surface area contributed by atoms with Crippen LogP contribution >= 0.6 is 7.52 Å². The SMILES string of the molecule is CC(C)CC(CC(C)C)=NOP(=O)(COC(C)Cn1cnc2c(N)ncnc21)NC(C)(C)C(=O)OC(C)C. The normalized spacial score (nSPS) is 14.6. The summed E-state index contributed by atoms with van der Waals surface area (Å²) in [6.45, 7) is 17.2. The zero-order chi connectivity index (χ0) is 28.7. The maximum absolute atomic E-state index is 14.0. The van der Waals surface area contributed by atoms with Gasteiger partial charge in [0.05, 0.1) is 30.8 Å². The topological polar surface area (TPSA) is 156 Å². The van der Waals surface area contributed by atoms with Crippen molar-refractivity contribution in [2.45, 2.75) is 99.4 Å². The number of carbonyl (C=O) groups is 1. The molecule has 2 unspecified atom stereocenters. The molecule has 214 valence electrons. The highest BCUT2D eigenvalue weighted by molar-refractivity contribution is 7.56. The van der Waals surface area contributed by atoms with Gasteiger partial charge in [-0.25, -0.2) is 20.0 Å². The van der Waals surface area contributed by atoms with E-state index < -0.39 is 25.1 Å². The van der Waals surface area contributed by atoms with Crippen LogP contribution in [0.4, 0.5) is 5.82 Å². The molecule has 2 rings (SSSR count). The number of nitrogens with zero attached hydrogens (tertiary/aromatic N) is 5. The molecule has 0 saturated carbocycles. The first-order valence-electron chi connectivity index (χ1n) is 13.0. The summed E-state index contributed by atoms with van der Waals surface area (Å²) >= 11 is 0. The van der Waals surface area contributed by atoms with E-state index in [0.29, 0.717) is 42.4 Å². The molecule has 12 nitrogen and oxygen atoms in total. The Hall–Kier alpha value is -2.56. The van der Waals surface area contributed by atoms with Crippen LogP contribution < -0.4 is 10.8 Å². The van der Waals surface area contributed by atoms with Crippen molar-refractivity contribution in [3.05, 3.63) is 12.7 Å². The second-order valence-corrected chi connectivity index (χ2v) is 13.2. The Morgan fingerprint density at radius 2 is 1.74 bits per heavy atom. The van der Waals surface area contributed by atoms with Crippen molar-refractivity contribution >= 4 is 36.2 Å². The fourth-order valence-electron chi connectivity index (χ4n) is 3.72. The number of fused-ring (bicyclic) bond motifs is 1. The summed E-state index contributed by atoms with van der Waals surface area (Å²) in [5.74, 6) is 0.427. The van der Waals surface area contributed by atoms with Gasteiger partial charge in [0.15, 0.2) is 11.5 Å². The minimum atomic E-state index is -3.81. The van der Waals surface area contributed by atoms with Crippen molar-refractivity contribution < 1.29 is 23.5 Å². The maximum Gasteiger partial charge on any atom is 0.365 e. The number of aromatic nitrogens is 4. The second kappa shape index (κ2) is 13.5. The zero-order valence-electron chi connectivity index (χ0n) is 24.1. The predicted molar refractivity (Wildman–Crippen MR) is 149 cm³/mol. The van der Waals surface area contributed by atoms with Gasteiger partial charge in [0.25, 0.3) is 0 Å². The molecule has 13 heteroatoms. The molecule has 0 bridgehead atoms. The minimum absolute atomic E-state index is 0.288. The number of hydrogen-bond donors (Lipinski definition) is 2. The number of imidazole rings is 1. The summed E-state index contributed by atoms with van der Waals surface area (Å²) in [4.78, 5) is 25.2. The van der Waals surface area contributed by atoms with Crippen LogP contribution in [-0.2, 0) is 30.0 Å². The lowest BCUT2D eigenvalue weighted by atomic mass is 9.99. The highest BCUT2D eigenvalue weighted by atomic mass is 31.2. The van der Waals surface area contributed by atoms with Gasteiger partial charge in [0.2, 0.25) is 0 Å². The van der Waals surface area contributed by atoms with Gasteiger partial charge in [-0.1, -0.05) is 32.9 Å². The Balaban J connectivity index is 2.24. The van der Waals surface area contributed by atoms with Crippen molar-refractivity contribution in [1.29, 1.82) is 0 Å². The molecule has 2 aromatic heterocycles. The summed E-state index contributed by atoms with van der Waals surface area (Å²) in [6.07, 6.45) is 3.31. The van der Waals surface area contributed by atoms with E-state index in [1.54, 1.807) is 38.6 Å². The van der Waals surface area contributed by atoms with E-state index in [2.05, 4.69) is 52.9 Å². The van der Waals surface area contributed by atoms with Crippen LogP contribution in [0.15, 0.2) is 17.8 Å². The van der Waals surface area contributed by atoms with Gasteiger partial charge in [0.1, 0.15) is 23.7 Å². The average Bonchev–Trinajstić information content (AvgIpc) is 3.19. The molecule has 2 atom stereocenters. The van der Waals surface area contributed by atoms with Crippen LogP contribution in [0.1, 0.15) is 75.2 Å². The number of esters is 1. The highest BCUT2D eigenvalue weighted by Gasteiger charge is 2.40. The van der Waals surface area contributed by atoms with Gasteiger partial charge >= 0.3 is 13.5 Å². The number of nitrogens with two attached hydrogens (primary N) is 1. The van der Waals surface area contributed by atoms with Crippen molar-refractivity contribution in [2.75, 3.05) is 12.1 Å². The van der Waals surface area contributed by atoms with E-state index in [-0.39, 0.29) is 18.3 Å². The molecule has 0 radical (unpaired) electrons. The quantitative estimate of drug-likeness (QED) is 0.137. The Labute approximate surface area is 225 Å². The highest BCUT2D eigenvalue weighted by Crippen LogP contribution is 2.46. The van der Waals surface area contributed by atoms with E-state index in [1.807, 2.05) is 6.92 Å². The summed E-state index contributed by atoms with van der Waals surface area (Å²) in [5.41, 5.74) is 6.43. The number of carbonyl (C=O) groups excluding carboxylic acids is 1. The number of ether oxygens (including phenoxy) is 2. The van der Waals surface area contributed by atoms with Crippen LogP contribution in [0.3, 0.4) is 0 Å². The molecule has 0 aliphatic heterocycles. The van der Waals surface area contributed by atoms with Gasteiger partial charge < -0.3 is 24.4 Å². The van der Waals surface area contributed by atoms with Gasteiger partial charge in [0, 0.05) is 0 Å². The van der Waals surface area contributed by atoms with Crippen LogP contribution in [0.5, 0.6) is 0 Å². The van der Waals surface area contributed by atoms with Crippen LogP contribution in [0, 0.1) is 11.8 Å². The summed E-state index contributed by atoms with van der Waals surface area (Å²) in [7, 11) is -3.81. The number of nitrogen functional groups attached to an aromatic ring is 1. The van der Waals surface area contributed by atoms with Gasteiger partial charge in [-0.05, 0) is 59.3 Å². The number of oxime groups is 1. The smallest absolute Gasteiger partial charge is 0.365 e. The predicted octanol–water partition coefficient (Wildman–Crippen LogP) is 4.75. The molecule has 0 aliphatic rings. The number of anilines is 1. The Morgan fingerprint density at radius 1 is 1.11 bits per heavy atom. The molecular weight excluding hydrogens is 509 g/mol. The molecule has 3 N–H and O–H groups in total. The van der Waals surface area contributed by atoms with Crippen molar-refractivity contribution in [2.24, 2.45) is 17.0 Å². The molecule has 38 heavy (non-hydrogen) atoms. The molecule has 0 amide bonds. The molecule has 0 aliphatic carbocycles. The fourth-order valence-corrected chi connectivity index (χ4v) is 5.51. The Bertz CT molecular complexity index is 1130. The van der Waals surface area contributed by atoms with Gasteiger partial charge in [-0.3, -0.25) is 9.36 Å². The van der Waals surface area contributed by atoms with Crippen LogP contribution in [-0.4, -0.2) is 55.3 Å². The van der Waals surface area contributed by atoms with E-state index in [0.717, 1.165) is 5.71 Å². The van der Waals surface area contributed by atoms with Gasteiger partial charge in [-0.2, -0.15) is 0 Å². The minimum Gasteiger partial charge on any atom is -0.462 e. The third kappa shape index (κ3) is 9.63. The number of hydrogen-bond acceptors (Lipinski definition) is 10. The van der Waals surface area contributed by atoms with E-state index >= 15 is 0 Å². The van der Waals surface area contributed by atoms with Crippen molar-refractivity contribution in [1.82, 2.24) is 24.6 Å². The molecule has 0 spiro atoms. The lowest BCUT2D eigenvalue weighted by Gasteiger charge is -2.29. The van der Waals surface area contributed by atoms with Gasteiger partial charge in [-0.15, -0.1) is 0 Å². The summed E-state index contributed by atoms with van der Waals surface area (Å²) < 4.78 is 32.8. The Morgan fingerprint density at radius 3 is 2.32 bits per heavy atom. The monoisotopic (exact) mass is 553 g/mol. The summed E-state index contributed by atoms with van der Waals surface area (Å²) in [5, 5.41) is 7.16. The summed E-state index contributed by atoms with van der Waals surface area (Å²) in [6, 6.07) is 0. The Kier molecular flexibility index (Phi) is 11.2. The zero-order valence-corrected chi connectivity index (χ0v) is 25.0. The number of rotatable bonds is 15. The fraction of sp³-hybridized carbons (Fsp3) is 0.720. The standard InChI is InChI=1S/C25H44N7O5P/c1-16(2)10-20(11-17(3)4)30-37-38(34,31-25(8,9)24(33)36-18(5)6)15-35-19(7)12-32-14-29-21-22(26)27-13-28-23(21)32/h13-14,16-19H,10-12,15H2,1-9H3,(H,31,34)(H2,26,27,28). The maximum atomic E-state index is 14.0. The third-order valence-electron chi connectivity index (χ3n) is 5.30. The largest absolute Gasteiger partial charge is 0.462 e. The van der Waals surface area contributed by atoms with Crippen molar-refractivity contribution in [3.63, 3.8) is 0 Å². The molecule has 2 heterocycles. The second-order valence-electron chi connectivity index (χ2n) is 11.2. The lowest BCUT2D eigenvalue weighted by Crippen LogP contribution is -2.47. The van der Waals surface area contributed by atoms with Crippen LogP contribution in [0.2, 0.25) is 0 Å². The molecule has 0 fully saturated rings. The molecule has 0 aromatic carbocycles. The molecule has 0 saturated heterocycles. The van der Waals surface area contributed by atoms with Crippen LogP contribution in [0.25, 0.3) is 11.2 Å². The number of nitrogens with one attached hydrogen (secondary N) is 1. The lowest BCUT2D eigenvalue weighted by molar-refractivity contribution is -0.153. The molecule has 2 aromatic rings. The first kappa shape index (κ1) is 31.7. The third-order valence-corrected chi connectivity index (χ3v) is 7.04.